The number of ether oxygens (including phenoxy) is 1. The number of halogens is 1. The maximum atomic E-state index is 11.6. The molecular formula is C10H14BrNO2. The summed E-state index contributed by atoms with van der Waals surface area (Å²) in [5.74, 6) is -0.300. The zero-order valence-corrected chi connectivity index (χ0v) is 10.4. The molecule has 0 saturated heterocycles. The lowest BCUT2D eigenvalue weighted by molar-refractivity contribution is 0.00590. The molecule has 0 fully saturated rings. The molecule has 3 nitrogen and oxygen atoms in total. The minimum Gasteiger partial charge on any atom is -0.455 e. The Kier molecular flexibility index (Phi) is 3.04. The van der Waals surface area contributed by atoms with Crippen molar-refractivity contribution in [2.45, 2.75) is 26.4 Å². The van der Waals surface area contributed by atoms with Gasteiger partial charge in [-0.1, -0.05) is 0 Å². The number of aryl methyl sites for hydroxylation is 1. The van der Waals surface area contributed by atoms with E-state index in [9.17, 15) is 4.79 Å². The summed E-state index contributed by atoms with van der Waals surface area (Å²) in [6.07, 6.45) is 1.82. The number of hydrogen-bond acceptors (Lipinski definition) is 2. The van der Waals surface area contributed by atoms with E-state index in [0.717, 1.165) is 4.47 Å². The van der Waals surface area contributed by atoms with Crippen LogP contribution in [0.1, 0.15) is 31.3 Å². The quantitative estimate of drug-likeness (QED) is 0.727. The predicted molar refractivity (Wildman–Crippen MR) is 58.3 cm³/mol. The van der Waals surface area contributed by atoms with E-state index in [2.05, 4.69) is 15.9 Å². The Morgan fingerprint density at radius 3 is 2.43 bits per heavy atom. The van der Waals surface area contributed by atoms with E-state index in [-0.39, 0.29) is 5.97 Å². The summed E-state index contributed by atoms with van der Waals surface area (Å²) in [7, 11) is 1.81. The van der Waals surface area contributed by atoms with Crippen LogP contribution >= 0.6 is 15.9 Å². The third kappa shape index (κ3) is 2.87. The first-order valence-corrected chi connectivity index (χ1v) is 5.14. The molecule has 0 aliphatic heterocycles. The highest BCUT2D eigenvalue weighted by Gasteiger charge is 2.20. The van der Waals surface area contributed by atoms with Crippen molar-refractivity contribution in [3.63, 3.8) is 0 Å². The Morgan fingerprint density at radius 2 is 2.07 bits per heavy atom. The molecular weight excluding hydrogens is 246 g/mol. The number of rotatable bonds is 1. The second-order valence-electron chi connectivity index (χ2n) is 4.16. The van der Waals surface area contributed by atoms with Crippen LogP contribution in [0.5, 0.6) is 0 Å². The topological polar surface area (TPSA) is 31.2 Å². The molecule has 0 N–H and O–H groups in total. The average molecular weight is 260 g/mol. The predicted octanol–water partition coefficient (Wildman–Crippen LogP) is 2.74. The maximum absolute atomic E-state index is 11.6. The van der Waals surface area contributed by atoms with Crippen LogP contribution in [0.3, 0.4) is 0 Å². The fourth-order valence-corrected chi connectivity index (χ4v) is 1.58. The zero-order chi connectivity index (χ0) is 10.9. The highest BCUT2D eigenvalue weighted by molar-refractivity contribution is 9.10. The molecule has 4 heteroatoms. The van der Waals surface area contributed by atoms with E-state index in [1.165, 1.54) is 0 Å². The molecule has 14 heavy (non-hydrogen) atoms. The second-order valence-corrected chi connectivity index (χ2v) is 5.07. The van der Waals surface area contributed by atoms with Gasteiger partial charge in [0.05, 0.1) is 0 Å². The van der Waals surface area contributed by atoms with Crippen LogP contribution in [0.25, 0.3) is 0 Å². The molecule has 0 saturated carbocycles. The van der Waals surface area contributed by atoms with Crippen molar-refractivity contribution in [1.82, 2.24) is 4.57 Å². The van der Waals surface area contributed by atoms with Crippen molar-refractivity contribution in [2.75, 3.05) is 0 Å². The van der Waals surface area contributed by atoms with Gasteiger partial charge in [0.2, 0.25) is 0 Å². The van der Waals surface area contributed by atoms with Gasteiger partial charge in [0, 0.05) is 17.7 Å². The normalized spacial score (nSPS) is 11.5. The lowest BCUT2D eigenvalue weighted by atomic mass is 10.2. The van der Waals surface area contributed by atoms with Gasteiger partial charge >= 0.3 is 5.97 Å². The van der Waals surface area contributed by atoms with Crippen LogP contribution in [-0.4, -0.2) is 16.1 Å². The Labute approximate surface area is 92.2 Å². The first kappa shape index (κ1) is 11.3. The van der Waals surface area contributed by atoms with Crippen LogP contribution in [0.4, 0.5) is 0 Å². The summed E-state index contributed by atoms with van der Waals surface area (Å²) >= 11 is 3.30. The number of nitrogens with zero attached hydrogens (tertiary/aromatic N) is 1. The fraction of sp³-hybridized carbons (Fsp3) is 0.500. The van der Waals surface area contributed by atoms with E-state index in [0.29, 0.717) is 5.69 Å². The van der Waals surface area contributed by atoms with Gasteiger partial charge in [-0.3, -0.25) is 0 Å². The van der Waals surface area contributed by atoms with E-state index >= 15 is 0 Å². The molecule has 0 atom stereocenters. The minimum atomic E-state index is -0.451. The number of carbonyl (C=O) groups is 1. The Hall–Kier alpha value is -0.770. The Morgan fingerprint density at radius 1 is 1.50 bits per heavy atom. The fourth-order valence-electron chi connectivity index (χ4n) is 1.06. The average Bonchev–Trinajstić information content (AvgIpc) is 2.26. The van der Waals surface area contributed by atoms with E-state index in [4.69, 9.17) is 4.74 Å². The molecule has 0 unspecified atom stereocenters. The lowest BCUT2D eigenvalue weighted by Crippen LogP contribution is -2.25. The van der Waals surface area contributed by atoms with Crippen molar-refractivity contribution in [3.8, 4) is 0 Å². The highest BCUT2D eigenvalue weighted by Crippen LogP contribution is 2.17. The number of aromatic nitrogens is 1. The van der Waals surface area contributed by atoms with Gasteiger partial charge in [0.1, 0.15) is 11.3 Å². The number of carbonyl (C=O) groups excluding carboxylic acids is 1. The van der Waals surface area contributed by atoms with Gasteiger partial charge in [-0.15, -0.1) is 0 Å². The smallest absolute Gasteiger partial charge is 0.355 e. The summed E-state index contributed by atoms with van der Waals surface area (Å²) in [4.78, 5) is 11.6. The van der Waals surface area contributed by atoms with Crippen molar-refractivity contribution in [1.29, 1.82) is 0 Å². The van der Waals surface area contributed by atoms with Crippen molar-refractivity contribution < 1.29 is 9.53 Å². The molecule has 0 aliphatic rings. The largest absolute Gasteiger partial charge is 0.455 e. The summed E-state index contributed by atoms with van der Waals surface area (Å²) in [6, 6.07) is 1.74. The monoisotopic (exact) mass is 259 g/mol. The van der Waals surface area contributed by atoms with Crippen LogP contribution in [0.15, 0.2) is 16.7 Å². The Balaban J connectivity index is 2.85. The molecule has 1 aromatic rings. The van der Waals surface area contributed by atoms with E-state index in [1.54, 1.807) is 10.6 Å². The summed E-state index contributed by atoms with van der Waals surface area (Å²) in [5.41, 5.74) is 0.0974. The minimum absolute atomic E-state index is 0.300. The third-order valence-corrected chi connectivity index (χ3v) is 2.01. The summed E-state index contributed by atoms with van der Waals surface area (Å²) in [5, 5.41) is 0. The van der Waals surface area contributed by atoms with E-state index in [1.807, 2.05) is 34.0 Å². The summed E-state index contributed by atoms with van der Waals surface area (Å²) in [6.45, 7) is 5.55. The molecule has 0 aliphatic carbocycles. The summed E-state index contributed by atoms with van der Waals surface area (Å²) < 4.78 is 7.85. The number of esters is 1. The molecule has 0 radical (unpaired) electrons. The van der Waals surface area contributed by atoms with Crippen molar-refractivity contribution in [2.24, 2.45) is 7.05 Å². The second kappa shape index (κ2) is 3.77. The molecule has 1 heterocycles. The molecule has 0 amide bonds. The lowest BCUT2D eigenvalue weighted by Gasteiger charge is -2.19. The molecule has 0 spiro atoms. The molecule has 78 valence electrons. The standard InChI is InChI=1S/C10H14BrNO2/c1-10(2,3)14-9(13)8-5-7(11)6-12(8)4/h5-6H,1-4H3. The maximum Gasteiger partial charge on any atom is 0.355 e. The van der Waals surface area contributed by atoms with Crippen LogP contribution in [0, 0.1) is 0 Å². The third-order valence-electron chi connectivity index (χ3n) is 1.58. The van der Waals surface area contributed by atoms with Gasteiger partial charge < -0.3 is 9.30 Å². The van der Waals surface area contributed by atoms with Gasteiger partial charge in [0.25, 0.3) is 0 Å². The van der Waals surface area contributed by atoms with Crippen molar-refractivity contribution in [3.05, 3.63) is 22.4 Å². The first-order valence-electron chi connectivity index (χ1n) is 4.35. The first-order chi connectivity index (χ1) is 6.29. The SMILES string of the molecule is Cn1cc(Br)cc1C(=O)OC(C)(C)C. The van der Waals surface area contributed by atoms with Crippen LogP contribution in [0.2, 0.25) is 0 Å². The molecule has 1 aromatic heterocycles. The van der Waals surface area contributed by atoms with Gasteiger partial charge in [-0.25, -0.2) is 4.79 Å². The van der Waals surface area contributed by atoms with E-state index < -0.39 is 5.60 Å². The zero-order valence-electron chi connectivity index (χ0n) is 8.80. The van der Waals surface area contributed by atoms with Gasteiger partial charge in [0.15, 0.2) is 0 Å². The highest BCUT2D eigenvalue weighted by atomic mass is 79.9. The molecule has 1 rings (SSSR count). The molecule has 0 aromatic carbocycles. The van der Waals surface area contributed by atoms with Crippen LogP contribution < -0.4 is 0 Å². The van der Waals surface area contributed by atoms with Crippen LogP contribution in [-0.2, 0) is 11.8 Å². The van der Waals surface area contributed by atoms with Gasteiger partial charge in [-0.05, 0) is 42.8 Å². The van der Waals surface area contributed by atoms with Crippen molar-refractivity contribution >= 4 is 21.9 Å². The molecule has 0 bridgehead atoms. The van der Waals surface area contributed by atoms with Gasteiger partial charge in [-0.2, -0.15) is 0 Å². The Bertz CT molecular complexity index is 349. The number of hydrogen-bond donors (Lipinski definition) is 0.